The number of fused-ring (bicyclic) bond motifs is 1. The summed E-state index contributed by atoms with van der Waals surface area (Å²) in [5.74, 6) is 1.62. The van der Waals surface area contributed by atoms with E-state index in [1.165, 1.54) is 6.08 Å². The number of aromatic amines is 1. The van der Waals surface area contributed by atoms with E-state index in [4.69, 9.17) is 27.6 Å². The topological polar surface area (TPSA) is 70.9 Å². The van der Waals surface area contributed by atoms with Gasteiger partial charge in [0.1, 0.15) is 17.3 Å². The third-order valence-electron chi connectivity index (χ3n) is 5.33. The van der Waals surface area contributed by atoms with E-state index >= 15 is 0 Å². The second-order valence-corrected chi connectivity index (χ2v) is 8.69. The fourth-order valence-corrected chi connectivity index (χ4v) is 4.15. The lowest BCUT2D eigenvalue weighted by Crippen LogP contribution is -2.09. The number of hydrogen-bond donors (Lipinski definition) is 2. The van der Waals surface area contributed by atoms with Crippen molar-refractivity contribution in [3.8, 4) is 22.7 Å². The number of amides is 1. The molecule has 34 heavy (non-hydrogen) atoms. The summed E-state index contributed by atoms with van der Waals surface area (Å²) in [6, 6.07) is 22.5. The molecule has 7 heteroatoms. The van der Waals surface area contributed by atoms with Crippen LogP contribution in [0.2, 0.25) is 10.0 Å². The summed E-state index contributed by atoms with van der Waals surface area (Å²) in [5.41, 5.74) is 5.16. The number of nitrogens with one attached hydrogen (secondary N) is 2. The van der Waals surface area contributed by atoms with Gasteiger partial charge < -0.3 is 14.7 Å². The van der Waals surface area contributed by atoms with Gasteiger partial charge in [-0.1, -0.05) is 47.5 Å². The summed E-state index contributed by atoms with van der Waals surface area (Å²) in [4.78, 5) is 20.5. The summed E-state index contributed by atoms with van der Waals surface area (Å²) in [7, 11) is 0. The summed E-state index contributed by atoms with van der Waals surface area (Å²) < 4.78 is 5.81. The lowest BCUT2D eigenvalue weighted by molar-refractivity contribution is -0.111. The fraction of sp³-hybridized carbons (Fsp3) is 0.0370. The first-order valence-electron chi connectivity index (χ1n) is 10.6. The molecular formula is C27H19Cl2N3O2. The Bertz CT molecular complexity index is 1500. The molecule has 0 unspecified atom stereocenters. The van der Waals surface area contributed by atoms with Crippen molar-refractivity contribution in [1.82, 2.24) is 9.97 Å². The summed E-state index contributed by atoms with van der Waals surface area (Å²) in [6.07, 6.45) is 3.05. The molecule has 5 nitrogen and oxygen atoms in total. The highest BCUT2D eigenvalue weighted by Gasteiger charge is 2.10. The highest BCUT2D eigenvalue weighted by Crippen LogP contribution is 2.29. The number of imidazole rings is 1. The third kappa shape index (κ3) is 4.76. The Hall–Kier alpha value is -3.80. The Morgan fingerprint density at radius 1 is 0.971 bits per heavy atom. The Balaban J connectivity index is 1.32. The number of carbonyl (C=O) groups is 1. The molecule has 0 bridgehead atoms. The zero-order chi connectivity index (χ0) is 23.7. The molecule has 0 radical (unpaired) electrons. The van der Waals surface area contributed by atoms with Crippen molar-refractivity contribution in [3.63, 3.8) is 0 Å². The Morgan fingerprint density at radius 2 is 1.76 bits per heavy atom. The average molecular weight is 488 g/mol. The second-order valence-electron chi connectivity index (χ2n) is 7.81. The van der Waals surface area contributed by atoms with Gasteiger partial charge in [-0.15, -0.1) is 0 Å². The number of halogens is 2. The maximum absolute atomic E-state index is 12.6. The number of carbonyl (C=O) groups excluding carboxylic acids is 1. The molecule has 0 aliphatic heterocycles. The van der Waals surface area contributed by atoms with Gasteiger partial charge in [-0.25, -0.2) is 4.98 Å². The zero-order valence-corrected chi connectivity index (χ0v) is 19.6. The van der Waals surface area contributed by atoms with E-state index in [9.17, 15) is 4.79 Å². The van der Waals surface area contributed by atoms with Crippen LogP contribution in [0.5, 0.6) is 0 Å². The molecule has 2 heterocycles. The molecule has 0 atom stereocenters. The van der Waals surface area contributed by atoms with E-state index < -0.39 is 0 Å². The molecule has 0 spiro atoms. The minimum Gasteiger partial charge on any atom is -0.457 e. The van der Waals surface area contributed by atoms with Gasteiger partial charge >= 0.3 is 0 Å². The van der Waals surface area contributed by atoms with Gasteiger partial charge in [-0.2, -0.15) is 0 Å². The van der Waals surface area contributed by atoms with Gasteiger partial charge in [0.2, 0.25) is 5.91 Å². The largest absolute Gasteiger partial charge is 0.457 e. The highest BCUT2D eigenvalue weighted by atomic mass is 35.5. The van der Waals surface area contributed by atoms with Crippen molar-refractivity contribution in [1.29, 1.82) is 0 Å². The zero-order valence-electron chi connectivity index (χ0n) is 18.1. The number of rotatable bonds is 5. The van der Waals surface area contributed by atoms with Crippen molar-refractivity contribution >= 4 is 51.9 Å². The maximum atomic E-state index is 12.6. The molecule has 2 aromatic heterocycles. The molecule has 0 saturated heterocycles. The number of H-pyrrole nitrogens is 1. The first-order chi connectivity index (χ1) is 16.4. The van der Waals surface area contributed by atoms with E-state index in [0.29, 0.717) is 27.3 Å². The summed E-state index contributed by atoms with van der Waals surface area (Å²) in [6.45, 7) is 1.94. The van der Waals surface area contributed by atoms with Crippen LogP contribution < -0.4 is 5.32 Å². The van der Waals surface area contributed by atoms with Crippen LogP contribution in [-0.4, -0.2) is 15.9 Å². The first kappa shape index (κ1) is 22.0. The van der Waals surface area contributed by atoms with Gasteiger partial charge in [0.05, 0.1) is 11.0 Å². The number of hydrogen-bond acceptors (Lipinski definition) is 3. The van der Waals surface area contributed by atoms with E-state index in [-0.39, 0.29) is 5.91 Å². The minimum absolute atomic E-state index is 0.270. The summed E-state index contributed by atoms with van der Waals surface area (Å²) >= 11 is 12.1. The fourth-order valence-electron chi connectivity index (χ4n) is 3.62. The Morgan fingerprint density at radius 3 is 2.56 bits per heavy atom. The smallest absolute Gasteiger partial charge is 0.248 e. The van der Waals surface area contributed by atoms with Crippen LogP contribution in [0.15, 0.2) is 83.3 Å². The number of nitrogens with zero attached hydrogens (tertiary/aromatic N) is 1. The second kappa shape index (κ2) is 9.21. The number of para-hydroxylation sites is 2. The summed E-state index contributed by atoms with van der Waals surface area (Å²) in [5, 5.41) is 3.98. The van der Waals surface area contributed by atoms with Crippen molar-refractivity contribution in [2.24, 2.45) is 0 Å². The average Bonchev–Trinajstić information content (AvgIpc) is 3.46. The van der Waals surface area contributed by atoms with Gasteiger partial charge in [-0.05, 0) is 67.1 Å². The van der Waals surface area contributed by atoms with Crippen molar-refractivity contribution in [2.45, 2.75) is 6.92 Å². The molecule has 0 fully saturated rings. The van der Waals surface area contributed by atoms with Crippen LogP contribution in [0, 0.1) is 6.92 Å². The van der Waals surface area contributed by atoms with Crippen LogP contribution in [-0.2, 0) is 4.79 Å². The molecule has 2 N–H and O–H groups in total. The minimum atomic E-state index is -0.270. The molecule has 0 aliphatic rings. The van der Waals surface area contributed by atoms with E-state index in [2.05, 4.69) is 15.3 Å². The quantitative estimate of drug-likeness (QED) is 0.249. The predicted molar refractivity (Wildman–Crippen MR) is 138 cm³/mol. The predicted octanol–water partition coefficient (Wildman–Crippen LogP) is 7.76. The number of furan rings is 1. The molecule has 168 valence electrons. The van der Waals surface area contributed by atoms with E-state index in [0.717, 1.165) is 33.5 Å². The lowest BCUT2D eigenvalue weighted by atomic mass is 10.1. The van der Waals surface area contributed by atoms with Crippen LogP contribution in [0.3, 0.4) is 0 Å². The van der Waals surface area contributed by atoms with Crippen molar-refractivity contribution < 1.29 is 9.21 Å². The van der Waals surface area contributed by atoms with Gasteiger partial charge in [0.25, 0.3) is 0 Å². The first-order valence-corrected chi connectivity index (χ1v) is 11.3. The lowest BCUT2D eigenvalue weighted by Gasteiger charge is -2.08. The van der Waals surface area contributed by atoms with Crippen molar-refractivity contribution in [2.75, 3.05) is 5.32 Å². The molecule has 5 aromatic rings. The SMILES string of the molecule is Cc1ccc(-c2nc3ccccc3[nH]2)cc1NC(=O)/C=C/c1ccc(-c2cc(Cl)cc(Cl)c2)o1. The van der Waals surface area contributed by atoms with Crippen molar-refractivity contribution in [3.05, 3.63) is 100 Å². The normalized spacial score (nSPS) is 11.4. The number of anilines is 1. The number of benzene rings is 3. The number of aryl methyl sites for hydroxylation is 1. The van der Waals surface area contributed by atoms with E-state index in [1.54, 1.807) is 36.4 Å². The van der Waals surface area contributed by atoms with Crippen LogP contribution in [0.4, 0.5) is 5.69 Å². The monoisotopic (exact) mass is 487 g/mol. The molecular weight excluding hydrogens is 469 g/mol. The van der Waals surface area contributed by atoms with Gasteiger partial charge in [-0.3, -0.25) is 4.79 Å². The highest BCUT2D eigenvalue weighted by molar-refractivity contribution is 6.35. The van der Waals surface area contributed by atoms with Gasteiger partial charge in [0.15, 0.2) is 0 Å². The standard InChI is InChI=1S/C27H19Cl2N3O2/c1-16-6-7-17(27-31-22-4-2-3-5-23(22)32-27)14-24(16)30-26(33)11-9-21-8-10-25(34-21)18-12-19(28)15-20(29)13-18/h2-15H,1H3,(H,30,33)(H,31,32)/b11-9+. The van der Waals surface area contributed by atoms with Gasteiger partial charge in [0, 0.05) is 32.9 Å². The molecule has 3 aromatic carbocycles. The van der Waals surface area contributed by atoms with Crippen LogP contribution in [0.1, 0.15) is 11.3 Å². The number of aromatic nitrogens is 2. The van der Waals surface area contributed by atoms with Crippen LogP contribution >= 0.6 is 23.2 Å². The molecule has 5 rings (SSSR count). The molecule has 1 amide bonds. The maximum Gasteiger partial charge on any atom is 0.248 e. The third-order valence-corrected chi connectivity index (χ3v) is 5.77. The Labute approximate surface area is 206 Å². The molecule has 0 saturated carbocycles. The van der Waals surface area contributed by atoms with Crippen LogP contribution in [0.25, 0.3) is 39.8 Å². The Kier molecular flexibility index (Phi) is 5.97. The van der Waals surface area contributed by atoms with E-state index in [1.807, 2.05) is 49.4 Å². The molecule has 0 aliphatic carbocycles.